The number of aromatic nitrogens is 3. The number of hydrogen-bond acceptors (Lipinski definition) is 2. The fourth-order valence-electron chi connectivity index (χ4n) is 1.98. The van der Waals surface area contributed by atoms with Crippen LogP contribution in [-0.4, -0.2) is 14.5 Å². The summed E-state index contributed by atoms with van der Waals surface area (Å²) in [6.07, 6.45) is 8.19. The van der Waals surface area contributed by atoms with E-state index in [1.807, 2.05) is 49.8 Å². The standard InChI is InChI=1S/C9H7N.C8H14N2/c1-2-6-9-8(4-1)5-3-7-10-9;1-3-4-6-10-7-5-9-8(10)2/h1-7H;5,7H,3-4,6H2,1-2H3. The van der Waals surface area contributed by atoms with E-state index in [2.05, 4.69) is 33.6 Å². The van der Waals surface area contributed by atoms with E-state index in [4.69, 9.17) is 0 Å². The highest BCUT2D eigenvalue weighted by Gasteiger charge is 1.93. The average molecular weight is 267 g/mol. The van der Waals surface area contributed by atoms with Gasteiger partial charge in [-0.25, -0.2) is 4.98 Å². The van der Waals surface area contributed by atoms with Crippen molar-refractivity contribution in [3.63, 3.8) is 0 Å². The highest BCUT2D eigenvalue weighted by molar-refractivity contribution is 5.77. The van der Waals surface area contributed by atoms with E-state index in [0.717, 1.165) is 17.9 Å². The fourth-order valence-corrected chi connectivity index (χ4v) is 1.98. The summed E-state index contributed by atoms with van der Waals surface area (Å²) < 4.78 is 2.18. The van der Waals surface area contributed by atoms with Gasteiger partial charge in [-0.05, 0) is 25.5 Å². The van der Waals surface area contributed by atoms with E-state index in [1.165, 1.54) is 18.2 Å². The Bertz CT molecular complexity index is 578. The average Bonchev–Trinajstić information content (AvgIpc) is 2.91. The maximum atomic E-state index is 4.18. The molecule has 0 aliphatic carbocycles. The van der Waals surface area contributed by atoms with Crippen LogP contribution < -0.4 is 0 Å². The van der Waals surface area contributed by atoms with E-state index in [9.17, 15) is 0 Å². The molecule has 0 atom stereocenters. The molecular weight excluding hydrogens is 246 g/mol. The van der Waals surface area contributed by atoms with Gasteiger partial charge in [0, 0.05) is 30.5 Å². The van der Waals surface area contributed by atoms with Crippen LogP contribution in [0.1, 0.15) is 25.6 Å². The third-order valence-electron chi connectivity index (χ3n) is 3.19. The lowest BCUT2D eigenvalue weighted by molar-refractivity contribution is 0.616. The van der Waals surface area contributed by atoms with Crippen LogP contribution >= 0.6 is 0 Å². The number of hydrogen-bond donors (Lipinski definition) is 0. The number of pyridine rings is 1. The van der Waals surface area contributed by atoms with Crippen LogP contribution in [-0.2, 0) is 6.54 Å². The summed E-state index contributed by atoms with van der Waals surface area (Å²) in [5, 5.41) is 1.20. The number of benzene rings is 1. The number of fused-ring (bicyclic) bond motifs is 1. The molecule has 3 aromatic rings. The van der Waals surface area contributed by atoms with Crippen LogP contribution in [0.5, 0.6) is 0 Å². The van der Waals surface area contributed by atoms with Crippen molar-refractivity contribution in [3.05, 3.63) is 60.8 Å². The minimum absolute atomic E-state index is 1.06. The monoisotopic (exact) mass is 267 g/mol. The zero-order valence-corrected chi connectivity index (χ0v) is 12.2. The molecule has 0 radical (unpaired) electrons. The van der Waals surface area contributed by atoms with Gasteiger partial charge in [0.25, 0.3) is 0 Å². The Hall–Kier alpha value is -2.16. The molecule has 3 rings (SSSR count). The number of unbranched alkanes of at least 4 members (excludes halogenated alkanes) is 1. The molecule has 0 aliphatic heterocycles. The van der Waals surface area contributed by atoms with Crippen molar-refractivity contribution in [2.45, 2.75) is 33.2 Å². The summed E-state index contributed by atoms with van der Waals surface area (Å²) in [5.41, 5.74) is 1.06. The Balaban J connectivity index is 0.000000147. The minimum Gasteiger partial charge on any atom is -0.335 e. The van der Waals surface area contributed by atoms with Crippen molar-refractivity contribution in [1.82, 2.24) is 14.5 Å². The molecule has 0 saturated heterocycles. The Kier molecular flexibility index (Phi) is 5.30. The van der Waals surface area contributed by atoms with Gasteiger partial charge in [0.15, 0.2) is 0 Å². The van der Waals surface area contributed by atoms with Crippen LogP contribution in [0.25, 0.3) is 10.9 Å². The largest absolute Gasteiger partial charge is 0.335 e. The smallest absolute Gasteiger partial charge is 0.105 e. The quantitative estimate of drug-likeness (QED) is 0.711. The Morgan fingerprint density at radius 2 is 1.80 bits per heavy atom. The molecule has 0 bridgehead atoms. The highest BCUT2D eigenvalue weighted by atomic mass is 15.0. The van der Waals surface area contributed by atoms with Crippen molar-refractivity contribution >= 4 is 10.9 Å². The van der Waals surface area contributed by atoms with E-state index < -0.39 is 0 Å². The van der Waals surface area contributed by atoms with Crippen molar-refractivity contribution in [2.75, 3.05) is 0 Å². The van der Waals surface area contributed by atoms with Gasteiger partial charge in [0.05, 0.1) is 5.52 Å². The van der Waals surface area contributed by atoms with Gasteiger partial charge in [-0.15, -0.1) is 0 Å². The first-order valence-corrected chi connectivity index (χ1v) is 7.08. The normalized spacial score (nSPS) is 10.1. The second kappa shape index (κ2) is 7.43. The molecular formula is C17H21N3. The number of para-hydroxylation sites is 1. The molecule has 0 unspecified atom stereocenters. The third kappa shape index (κ3) is 3.92. The Morgan fingerprint density at radius 1 is 1.00 bits per heavy atom. The predicted molar refractivity (Wildman–Crippen MR) is 83.6 cm³/mol. The van der Waals surface area contributed by atoms with Crippen LogP contribution in [0.15, 0.2) is 55.0 Å². The highest BCUT2D eigenvalue weighted by Crippen LogP contribution is 2.07. The molecule has 1 aromatic carbocycles. The molecule has 20 heavy (non-hydrogen) atoms. The lowest BCUT2D eigenvalue weighted by Gasteiger charge is -2.01. The second-order valence-corrected chi connectivity index (χ2v) is 4.72. The maximum Gasteiger partial charge on any atom is 0.105 e. The lowest BCUT2D eigenvalue weighted by atomic mass is 10.2. The van der Waals surface area contributed by atoms with Crippen LogP contribution in [0, 0.1) is 6.92 Å². The summed E-state index contributed by atoms with van der Waals surface area (Å²) in [4.78, 5) is 8.31. The molecule has 3 heteroatoms. The van der Waals surface area contributed by atoms with Crippen molar-refractivity contribution in [1.29, 1.82) is 0 Å². The summed E-state index contributed by atoms with van der Waals surface area (Å²) in [5.74, 6) is 1.12. The lowest BCUT2D eigenvalue weighted by Crippen LogP contribution is -1.97. The summed E-state index contributed by atoms with van der Waals surface area (Å²) in [7, 11) is 0. The molecule has 2 heterocycles. The maximum absolute atomic E-state index is 4.18. The Labute approximate surface area is 120 Å². The number of rotatable bonds is 3. The van der Waals surface area contributed by atoms with Gasteiger partial charge < -0.3 is 4.57 Å². The first kappa shape index (κ1) is 14.3. The predicted octanol–water partition coefficient (Wildman–Crippen LogP) is 4.23. The van der Waals surface area contributed by atoms with Crippen LogP contribution in [0.2, 0.25) is 0 Å². The molecule has 0 N–H and O–H groups in total. The van der Waals surface area contributed by atoms with Crippen LogP contribution in [0.4, 0.5) is 0 Å². The molecule has 104 valence electrons. The van der Waals surface area contributed by atoms with Crippen molar-refractivity contribution in [2.24, 2.45) is 0 Å². The van der Waals surface area contributed by atoms with Gasteiger partial charge >= 0.3 is 0 Å². The topological polar surface area (TPSA) is 30.7 Å². The summed E-state index contributed by atoms with van der Waals surface area (Å²) in [6.45, 7) is 5.35. The van der Waals surface area contributed by atoms with Gasteiger partial charge in [0.1, 0.15) is 5.82 Å². The van der Waals surface area contributed by atoms with Gasteiger partial charge in [-0.3, -0.25) is 4.98 Å². The minimum atomic E-state index is 1.06. The zero-order valence-electron chi connectivity index (χ0n) is 12.2. The molecule has 0 aliphatic rings. The molecule has 3 nitrogen and oxygen atoms in total. The van der Waals surface area contributed by atoms with Crippen molar-refractivity contribution in [3.8, 4) is 0 Å². The second-order valence-electron chi connectivity index (χ2n) is 4.72. The molecule has 0 saturated carbocycles. The molecule has 0 amide bonds. The molecule has 2 aromatic heterocycles. The number of imidazole rings is 1. The van der Waals surface area contributed by atoms with E-state index in [-0.39, 0.29) is 0 Å². The molecule has 0 fully saturated rings. The fraction of sp³-hybridized carbons (Fsp3) is 0.294. The Morgan fingerprint density at radius 3 is 2.50 bits per heavy atom. The van der Waals surface area contributed by atoms with E-state index >= 15 is 0 Å². The number of aryl methyl sites for hydroxylation is 2. The number of nitrogens with zero attached hydrogens (tertiary/aromatic N) is 3. The van der Waals surface area contributed by atoms with Gasteiger partial charge in [-0.1, -0.05) is 37.6 Å². The van der Waals surface area contributed by atoms with E-state index in [1.54, 1.807) is 0 Å². The van der Waals surface area contributed by atoms with Crippen LogP contribution in [0.3, 0.4) is 0 Å². The summed E-state index contributed by atoms with van der Waals surface area (Å²) in [6, 6.07) is 12.1. The van der Waals surface area contributed by atoms with Crippen molar-refractivity contribution < 1.29 is 0 Å². The molecule has 0 spiro atoms. The first-order valence-electron chi connectivity index (χ1n) is 7.08. The van der Waals surface area contributed by atoms with Gasteiger partial charge in [-0.2, -0.15) is 0 Å². The summed E-state index contributed by atoms with van der Waals surface area (Å²) >= 11 is 0. The third-order valence-corrected chi connectivity index (χ3v) is 3.19. The van der Waals surface area contributed by atoms with Gasteiger partial charge in [0.2, 0.25) is 0 Å². The van der Waals surface area contributed by atoms with E-state index in [0.29, 0.717) is 0 Å². The SMILES string of the molecule is CCCCn1ccnc1C.c1ccc2ncccc2c1. The first-order chi connectivity index (χ1) is 9.81. The zero-order chi connectivity index (χ0) is 14.2.